The molecule has 0 spiro atoms. The number of nitrogens with two attached hydrogens (primary N) is 1. The van der Waals surface area contributed by atoms with Crippen LogP contribution in [0, 0.1) is 0 Å². The SMILES string of the molecule is N[C@H](CCO)c1cc2c([nH]1)CCCC2. The lowest BCUT2D eigenvalue weighted by molar-refractivity contribution is 0.275. The van der Waals surface area contributed by atoms with E-state index in [-0.39, 0.29) is 12.6 Å². The maximum Gasteiger partial charge on any atom is 0.0469 e. The minimum atomic E-state index is -0.0365. The molecule has 0 unspecified atom stereocenters. The van der Waals surface area contributed by atoms with Crippen LogP contribution in [0.3, 0.4) is 0 Å². The van der Waals surface area contributed by atoms with Gasteiger partial charge in [-0.1, -0.05) is 0 Å². The predicted molar refractivity (Wildman–Crippen MR) is 56.1 cm³/mol. The van der Waals surface area contributed by atoms with E-state index in [1.54, 1.807) is 0 Å². The molecule has 1 aliphatic rings. The average Bonchev–Trinajstić information content (AvgIpc) is 2.61. The highest BCUT2D eigenvalue weighted by Gasteiger charge is 2.15. The van der Waals surface area contributed by atoms with Gasteiger partial charge in [0.2, 0.25) is 0 Å². The number of H-pyrrole nitrogens is 1. The Morgan fingerprint density at radius 2 is 2.21 bits per heavy atom. The van der Waals surface area contributed by atoms with Crippen molar-refractivity contribution >= 4 is 0 Å². The van der Waals surface area contributed by atoms with Crippen LogP contribution < -0.4 is 5.73 Å². The summed E-state index contributed by atoms with van der Waals surface area (Å²) >= 11 is 0. The van der Waals surface area contributed by atoms with Crippen molar-refractivity contribution in [1.82, 2.24) is 4.98 Å². The van der Waals surface area contributed by atoms with Crippen LogP contribution in [0.5, 0.6) is 0 Å². The van der Waals surface area contributed by atoms with Gasteiger partial charge in [0.1, 0.15) is 0 Å². The first kappa shape index (κ1) is 9.74. The van der Waals surface area contributed by atoms with Crippen molar-refractivity contribution in [2.75, 3.05) is 6.61 Å². The Morgan fingerprint density at radius 1 is 1.43 bits per heavy atom. The molecule has 3 heteroatoms. The Morgan fingerprint density at radius 3 is 2.93 bits per heavy atom. The van der Waals surface area contributed by atoms with Crippen molar-refractivity contribution in [3.05, 3.63) is 23.0 Å². The second-order valence-electron chi connectivity index (χ2n) is 4.05. The van der Waals surface area contributed by atoms with Gasteiger partial charge in [-0.05, 0) is 43.7 Å². The molecule has 1 heterocycles. The van der Waals surface area contributed by atoms with Crippen LogP contribution in [0.1, 0.15) is 42.3 Å². The summed E-state index contributed by atoms with van der Waals surface area (Å²) in [5.41, 5.74) is 9.81. The van der Waals surface area contributed by atoms with E-state index in [9.17, 15) is 0 Å². The summed E-state index contributed by atoms with van der Waals surface area (Å²) < 4.78 is 0. The molecule has 1 aliphatic carbocycles. The lowest BCUT2D eigenvalue weighted by atomic mass is 9.98. The van der Waals surface area contributed by atoms with Crippen molar-refractivity contribution in [2.45, 2.75) is 38.1 Å². The first-order valence-electron chi connectivity index (χ1n) is 5.38. The van der Waals surface area contributed by atoms with Crippen molar-refractivity contribution in [3.8, 4) is 0 Å². The third-order valence-electron chi connectivity index (χ3n) is 2.98. The fourth-order valence-electron chi connectivity index (χ4n) is 2.12. The fourth-order valence-corrected chi connectivity index (χ4v) is 2.12. The van der Waals surface area contributed by atoms with Gasteiger partial charge in [0.15, 0.2) is 0 Å². The maximum atomic E-state index is 8.81. The largest absolute Gasteiger partial charge is 0.396 e. The third-order valence-corrected chi connectivity index (χ3v) is 2.98. The first-order valence-corrected chi connectivity index (χ1v) is 5.38. The highest BCUT2D eigenvalue weighted by molar-refractivity contribution is 5.29. The van der Waals surface area contributed by atoms with E-state index in [0.717, 1.165) is 12.1 Å². The number of hydrogen-bond acceptors (Lipinski definition) is 2. The molecule has 2 rings (SSSR count). The van der Waals surface area contributed by atoms with Gasteiger partial charge >= 0.3 is 0 Å². The minimum Gasteiger partial charge on any atom is -0.396 e. The Hall–Kier alpha value is -0.800. The fraction of sp³-hybridized carbons (Fsp3) is 0.636. The number of rotatable bonds is 3. The molecule has 3 nitrogen and oxygen atoms in total. The number of aromatic nitrogens is 1. The molecular formula is C11H18N2O. The van der Waals surface area contributed by atoms with Crippen molar-refractivity contribution in [1.29, 1.82) is 0 Å². The van der Waals surface area contributed by atoms with Gasteiger partial charge < -0.3 is 15.8 Å². The molecule has 1 aromatic heterocycles. The molecule has 0 aromatic carbocycles. The van der Waals surface area contributed by atoms with Crippen LogP contribution >= 0.6 is 0 Å². The summed E-state index contributed by atoms with van der Waals surface area (Å²) in [5, 5.41) is 8.81. The zero-order chi connectivity index (χ0) is 9.97. The Labute approximate surface area is 84.3 Å². The van der Waals surface area contributed by atoms with Gasteiger partial charge in [0, 0.05) is 24.0 Å². The normalized spacial score (nSPS) is 17.9. The van der Waals surface area contributed by atoms with Crippen LogP contribution in [0.2, 0.25) is 0 Å². The van der Waals surface area contributed by atoms with Crippen LogP contribution in [0.4, 0.5) is 0 Å². The summed E-state index contributed by atoms with van der Waals surface area (Å²) in [7, 11) is 0. The molecule has 0 fully saturated rings. The van der Waals surface area contributed by atoms with Crippen LogP contribution in [0.25, 0.3) is 0 Å². The van der Waals surface area contributed by atoms with E-state index in [4.69, 9.17) is 10.8 Å². The van der Waals surface area contributed by atoms with Crippen molar-refractivity contribution in [3.63, 3.8) is 0 Å². The summed E-state index contributed by atoms with van der Waals surface area (Å²) in [6.07, 6.45) is 5.54. The van der Waals surface area contributed by atoms with Crippen LogP contribution in [-0.4, -0.2) is 16.7 Å². The Kier molecular flexibility index (Phi) is 2.89. The van der Waals surface area contributed by atoms with Gasteiger partial charge in [-0.2, -0.15) is 0 Å². The average molecular weight is 194 g/mol. The molecule has 0 amide bonds. The highest BCUT2D eigenvalue weighted by Crippen LogP contribution is 2.24. The van der Waals surface area contributed by atoms with E-state index in [2.05, 4.69) is 11.1 Å². The summed E-state index contributed by atoms with van der Waals surface area (Å²) in [5.74, 6) is 0. The smallest absolute Gasteiger partial charge is 0.0469 e. The van der Waals surface area contributed by atoms with Gasteiger partial charge in [0.25, 0.3) is 0 Å². The zero-order valence-electron chi connectivity index (χ0n) is 8.42. The van der Waals surface area contributed by atoms with Gasteiger partial charge in [-0.15, -0.1) is 0 Å². The predicted octanol–water partition coefficient (Wildman–Crippen LogP) is 1.28. The first-order chi connectivity index (χ1) is 6.81. The number of fused-ring (bicyclic) bond motifs is 1. The quantitative estimate of drug-likeness (QED) is 0.678. The highest BCUT2D eigenvalue weighted by atomic mass is 16.3. The third kappa shape index (κ3) is 1.83. The molecule has 1 atom stereocenters. The van der Waals surface area contributed by atoms with Gasteiger partial charge in [-0.3, -0.25) is 0 Å². The number of aryl methyl sites for hydroxylation is 2. The number of aliphatic hydroxyl groups excluding tert-OH is 1. The lowest BCUT2D eigenvalue weighted by Gasteiger charge is -2.09. The minimum absolute atomic E-state index is 0.0365. The topological polar surface area (TPSA) is 62.0 Å². The second-order valence-corrected chi connectivity index (χ2v) is 4.05. The molecule has 0 bridgehead atoms. The lowest BCUT2D eigenvalue weighted by Crippen LogP contribution is -2.12. The molecule has 4 N–H and O–H groups in total. The van der Waals surface area contributed by atoms with Crippen molar-refractivity contribution in [2.24, 2.45) is 5.73 Å². The molecule has 0 aliphatic heterocycles. The molecule has 14 heavy (non-hydrogen) atoms. The van der Waals surface area contributed by atoms with E-state index < -0.39 is 0 Å². The number of hydrogen-bond donors (Lipinski definition) is 3. The zero-order valence-corrected chi connectivity index (χ0v) is 8.42. The standard InChI is InChI=1S/C11H18N2O/c12-9(5-6-14)11-7-8-3-1-2-4-10(8)13-11/h7,9,13-14H,1-6,12H2/t9-/m1/s1. The molecule has 0 saturated carbocycles. The molecule has 0 saturated heterocycles. The summed E-state index contributed by atoms with van der Waals surface area (Å²) in [6.45, 7) is 0.158. The van der Waals surface area contributed by atoms with Gasteiger partial charge in [0.05, 0.1) is 0 Å². The molecule has 0 radical (unpaired) electrons. The van der Waals surface area contributed by atoms with Gasteiger partial charge in [-0.25, -0.2) is 0 Å². The van der Waals surface area contributed by atoms with Crippen LogP contribution in [0.15, 0.2) is 6.07 Å². The maximum absolute atomic E-state index is 8.81. The van der Waals surface area contributed by atoms with E-state index in [1.807, 2.05) is 0 Å². The number of aromatic amines is 1. The molecular weight excluding hydrogens is 176 g/mol. The monoisotopic (exact) mass is 194 g/mol. The van der Waals surface area contributed by atoms with E-state index in [0.29, 0.717) is 6.42 Å². The number of aliphatic hydroxyl groups is 1. The summed E-state index contributed by atoms with van der Waals surface area (Å²) in [6, 6.07) is 2.14. The molecule has 78 valence electrons. The Balaban J connectivity index is 2.15. The number of nitrogens with one attached hydrogen (secondary N) is 1. The van der Waals surface area contributed by atoms with Crippen LogP contribution in [-0.2, 0) is 12.8 Å². The molecule has 1 aromatic rings. The second kappa shape index (κ2) is 4.15. The van der Waals surface area contributed by atoms with E-state index in [1.165, 1.54) is 30.5 Å². The summed E-state index contributed by atoms with van der Waals surface area (Å²) in [4.78, 5) is 3.38. The Bertz CT molecular complexity index is 283. The van der Waals surface area contributed by atoms with E-state index >= 15 is 0 Å². The van der Waals surface area contributed by atoms with Crippen molar-refractivity contribution < 1.29 is 5.11 Å².